The van der Waals surface area contributed by atoms with E-state index in [9.17, 15) is 0 Å². The van der Waals surface area contributed by atoms with Crippen LogP contribution < -0.4 is 5.32 Å². The minimum atomic E-state index is 0.354. The average Bonchev–Trinajstić information content (AvgIpc) is 2.46. The Hall–Kier alpha value is -0.890. The quantitative estimate of drug-likeness (QED) is 0.639. The van der Waals surface area contributed by atoms with Crippen LogP contribution in [0.15, 0.2) is 41.8 Å². The molecule has 0 amide bonds. The summed E-state index contributed by atoms with van der Waals surface area (Å²) in [6.45, 7) is 3.74. The maximum absolute atomic E-state index is 3.74. The van der Waals surface area contributed by atoms with Crippen LogP contribution in [0.5, 0.6) is 0 Å². The first-order chi connectivity index (χ1) is 5.40. The lowest BCUT2D eigenvalue weighted by molar-refractivity contribution is 1.28. The van der Waals surface area contributed by atoms with Gasteiger partial charge in [-0.2, -0.15) is 0 Å². The van der Waals surface area contributed by atoms with Gasteiger partial charge in [0, 0.05) is 10.6 Å². The summed E-state index contributed by atoms with van der Waals surface area (Å²) in [7, 11) is 0. The molecule has 1 nitrogen and oxygen atoms in total. The zero-order valence-corrected chi connectivity index (χ0v) is 6.90. The van der Waals surface area contributed by atoms with Crippen LogP contribution in [0.25, 0.3) is 0 Å². The van der Waals surface area contributed by atoms with E-state index in [-0.39, 0.29) is 0 Å². The van der Waals surface area contributed by atoms with Crippen molar-refractivity contribution in [1.29, 1.82) is 0 Å². The van der Waals surface area contributed by atoms with Gasteiger partial charge in [-0.1, -0.05) is 30.0 Å². The number of hydrogen-bond acceptors (Lipinski definition) is 2. The van der Waals surface area contributed by atoms with Gasteiger partial charge in [0.2, 0.25) is 0 Å². The highest BCUT2D eigenvalue weighted by Gasteiger charge is 2.16. The highest BCUT2D eigenvalue weighted by Crippen LogP contribution is 2.37. The van der Waals surface area contributed by atoms with E-state index in [2.05, 4.69) is 30.1 Å². The van der Waals surface area contributed by atoms with Gasteiger partial charge in [0.1, 0.15) is 0 Å². The number of hydrogen-bond donors (Lipinski definition) is 1. The van der Waals surface area contributed by atoms with Crippen molar-refractivity contribution in [2.75, 3.05) is 5.32 Å². The third-order valence-electron chi connectivity index (χ3n) is 1.65. The second-order valence-electron chi connectivity index (χ2n) is 2.41. The van der Waals surface area contributed by atoms with E-state index in [1.165, 1.54) is 10.6 Å². The SMILES string of the molecule is C=CC1Nc2ccccc2S1. The second-order valence-corrected chi connectivity index (χ2v) is 3.60. The molecule has 56 valence electrons. The van der Waals surface area contributed by atoms with E-state index in [1.54, 1.807) is 11.8 Å². The Morgan fingerprint density at radius 1 is 1.45 bits per heavy atom. The average molecular weight is 163 g/mol. The third-order valence-corrected chi connectivity index (χ3v) is 2.83. The molecule has 0 aliphatic carbocycles. The topological polar surface area (TPSA) is 12.0 Å². The number of fused-ring (bicyclic) bond motifs is 1. The molecule has 0 aromatic heterocycles. The summed E-state index contributed by atoms with van der Waals surface area (Å²) in [6, 6.07) is 8.30. The van der Waals surface area contributed by atoms with Gasteiger partial charge in [0.15, 0.2) is 0 Å². The lowest BCUT2D eigenvalue weighted by Crippen LogP contribution is -2.04. The van der Waals surface area contributed by atoms with E-state index >= 15 is 0 Å². The molecule has 0 spiro atoms. The molecule has 0 radical (unpaired) electrons. The third kappa shape index (κ3) is 1.14. The first-order valence-electron chi connectivity index (χ1n) is 3.55. The molecule has 0 fully saturated rings. The Morgan fingerprint density at radius 2 is 2.27 bits per heavy atom. The van der Waals surface area contributed by atoms with Gasteiger partial charge in [-0.25, -0.2) is 0 Å². The normalized spacial score (nSPS) is 20.5. The van der Waals surface area contributed by atoms with Crippen LogP contribution in [0.3, 0.4) is 0 Å². The van der Waals surface area contributed by atoms with Crippen molar-refractivity contribution in [2.45, 2.75) is 10.3 Å². The van der Waals surface area contributed by atoms with Crippen LogP contribution >= 0.6 is 11.8 Å². The van der Waals surface area contributed by atoms with Crippen molar-refractivity contribution in [3.8, 4) is 0 Å². The molecule has 0 saturated heterocycles. The van der Waals surface area contributed by atoms with Gasteiger partial charge in [0.25, 0.3) is 0 Å². The van der Waals surface area contributed by atoms with E-state index in [0.717, 1.165) is 0 Å². The van der Waals surface area contributed by atoms with Crippen molar-refractivity contribution in [2.24, 2.45) is 0 Å². The molecule has 1 heterocycles. The van der Waals surface area contributed by atoms with E-state index < -0.39 is 0 Å². The highest BCUT2D eigenvalue weighted by molar-refractivity contribution is 8.00. The van der Waals surface area contributed by atoms with Crippen LogP contribution in [0.1, 0.15) is 0 Å². The molecule has 1 atom stereocenters. The Balaban J connectivity index is 2.33. The smallest absolute Gasteiger partial charge is 0.0954 e. The molecule has 1 N–H and O–H groups in total. The Bertz CT molecular complexity index is 258. The fraction of sp³-hybridized carbons (Fsp3) is 0.111. The van der Waals surface area contributed by atoms with Crippen LogP contribution in [0, 0.1) is 0 Å². The summed E-state index contributed by atoms with van der Waals surface area (Å²) in [5.41, 5.74) is 1.22. The summed E-state index contributed by atoms with van der Waals surface area (Å²) >= 11 is 1.81. The minimum Gasteiger partial charge on any atom is -0.369 e. The standard InChI is InChI=1S/C9H9NS/c1-2-9-10-7-5-3-4-6-8(7)11-9/h2-6,9-10H,1H2. The maximum Gasteiger partial charge on any atom is 0.0954 e. The molecular weight excluding hydrogens is 154 g/mol. The molecule has 1 aliphatic rings. The predicted molar refractivity (Wildman–Crippen MR) is 49.9 cm³/mol. The van der Waals surface area contributed by atoms with Gasteiger partial charge in [-0.3, -0.25) is 0 Å². The largest absolute Gasteiger partial charge is 0.369 e. The second kappa shape index (κ2) is 2.62. The Morgan fingerprint density at radius 3 is 3.00 bits per heavy atom. The van der Waals surface area contributed by atoms with Crippen molar-refractivity contribution in [3.63, 3.8) is 0 Å². The van der Waals surface area contributed by atoms with Crippen LogP contribution in [-0.2, 0) is 0 Å². The fourth-order valence-corrected chi connectivity index (χ4v) is 2.08. The molecular formula is C9H9NS. The Kier molecular flexibility index (Phi) is 1.62. The van der Waals surface area contributed by atoms with Crippen LogP contribution in [0.2, 0.25) is 0 Å². The van der Waals surface area contributed by atoms with Crippen molar-refractivity contribution in [3.05, 3.63) is 36.9 Å². The number of para-hydroxylation sites is 1. The molecule has 1 aromatic carbocycles. The summed E-state index contributed by atoms with van der Waals surface area (Å²) in [5.74, 6) is 0. The summed E-state index contributed by atoms with van der Waals surface area (Å²) in [6.07, 6.45) is 1.92. The van der Waals surface area contributed by atoms with Crippen LogP contribution in [0.4, 0.5) is 5.69 Å². The lowest BCUT2D eigenvalue weighted by atomic mass is 10.3. The molecule has 0 saturated carbocycles. The van der Waals surface area contributed by atoms with Gasteiger partial charge in [-0.05, 0) is 12.1 Å². The number of thioether (sulfide) groups is 1. The number of nitrogens with one attached hydrogen (secondary N) is 1. The fourth-order valence-electron chi connectivity index (χ4n) is 1.12. The molecule has 0 bridgehead atoms. The minimum absolute atomic E-state index is 0.354. The molecule has 2 rings (SSSR count). The Labute approximate surface area is 70.5 Å². The van der Waals surface area contributed by atoms with E-state index in [0.29, 0.717) is 5.37 Å². The summed E-state index contributed by atoms with van der Waals surface area (Å²) in [4.78, 5) is 1.32. The molecule has 11 heavy (non-hydrogen) atoms. The van der Waals surface area contributed by atoms with E-state index in [4.69, 9.17) is 0 Å². The van der Waals surface area contributed by atoms with Gasteiger partial charge < -0.3 is 5.32 Å². The van der Waals surface area contributed by atoms with Gasteiger partial charge in [0.05, 0.1) is 5.37 Å². The van der Waals surface area contributed by atoms with Crippen molar-refractivity contribution in [1.82, 2.24) is 0 Å². The van der Waals surface area contributed by atoms with Crippen molar-refractivity contribution < 1.29 is 0 Å². The summed E-state index contributed by atoms with van der Waals surface area (Å²) in [5, 5.41) is 3.68. The monoisotopic (exact) mass is 163 g/mol. The number of rotatable bonds is 1. The van der Waals surface area contributed by atoms with Crippen molar-refractivity contribution >= 4 is 17.4 Å². The maximum atomic E-state index is 3.74. The van der Waals surface area contributed by atoms with Gasteiger partial charge in [-0.15, -0.1) is 6.58 Å². The predicted octanol–water partition coefficient (Wildman–Crippen LogP) is 2.72. The summed E-state index contributed by atoms with van der Waals surface area (Å²) < 4.78 is 0. The molecule has 2 heteroatoms. The van der Waals surface area contributed by atoms with E-state index in [1.807, 2.05) is 12.1 Å². The zero-order chi connectivity index (χ0) is 7.68. The zero-order valence-electron chi connectivity index (χ0n) is 6.08. The molecule has 1 unspecified atom stereocenters. The van der Waals surface area contributed by atoms with Crippen LogP contribution in [-0.4, -0.2) is 5.37 Å². The number of benzene rings is 1. The first kappa shape index (κ1) is 6.80. The highest BCUT2D eigenvalue weighted by atomic mass is 32.2. The lowest BCUT2D eigenvalue weighted by Gasteiger charge is -2.00. The molecule has 1 aromatic rings. The van der Waals surface area contributed by atoms with Gasteiger partial charge >= 0.3 is 0 Å². The number of anilines is 1. The molecule has 1 aliphatic heterocycles. The first-order valence-corrected chi connectivity index (χ1v) is 4.43.